The first kappa shape index (κ1) is 7.94. The zero-order chi connectivity index (χ0) is 8.43. The van der Waals surface area contributed by atoms with E-state index >= 15 is 0 Å². The molecule has 5 heteroatoms. The van der Waals surface area contributed by atoms with Gasteiger partial charge in [0.25, 0.3) is 0 Å². The molecular weight excluding hydrogens is 172 g/mol. The molecule has 0 spiro atoms. The van der Waals surface area contributed by atoms with Crippen molar-refractivity contribution in [3.05, 3.63) is 11.6 Å². The van der Waals surface area contributed by atoms with Gasteiger partial charge in [-0.15, -0.1) is 0 Å². The summed E-state index contributed by atoms with van der Waals surface area (Å²) >= 11 is 4.97. The van der Waals surface area contributed by atoms with E-state index in [4.69, 9.17) is 11.6 Å². The minimum absolute atomic E-state index is 0.00926. The van der Waals surface area contributed by atoms with Gasteiger partial charge in [-0.1, -0.05) is 0 Å². The van der Waals surface area contributed by atoms with Crippen molar-refractivity contribution in [3.63, 3.8) is 0 Å². The standard InChI is InChI=1S/C6H3ClO4/c7-4(8)1-3-2-5(9)11-6(3)10/h2H,1H2. The van der Waals surface area contributed by atoms with Crippen molar-refractivity contribution in [2.45, 2.75) is 6.42 Å². The van der Waals surface area contributed by atoms with Gasteiger partial charge in [0.15, 0.2) is 0 Å². The van der Waals surface area contributed by atoms with E-state index in [1.54, 1.807) is 0 Å². The lowest BCUT2D eigenvalue weighted by Gasteiger charge is -1.90. The molecule has 0 amide bonds. The highest BCUT2D eigenvalue weighted by atomic mass is 35.5. The molecule has 1 aliphatic rings. The molecule has 0 radical (unpaired) electrons. The van der Waals surface area contributed by atoms with Crippen molar-refractivity contribution in [3.8, 4) is 0 Å². The monoisotopic (exact) mass is 174 g/mol. The first-order chi connectivity index (χ1) is 5.09. The van der Waals surface area contributed by atoms with Crippen LogP contribution in [0, 0.1) is 0 Å². The second-order valence-electron chi connectivity index (χ2n) is 1.91. The zero-order valence-corrected chi connectivity index (χ0v) is 6.05. The van der Waals surface area contributed by atoms with Crippen molar-refractivity contribution < 1.29 is 19.1 Å². The molecule has 0 unspecified atom stereocenters. The second kappa shape index (κ2) is 2.84. The summed E-state index contributed by atoms with van der Waals surface area (Å²) in [7, 11) is 0. The predicted octanol–water partition coefficient (Wildman–Crippen LogP) is 0.152. The molecule has 0 aliphatic carbocycles. The van der Waals surface area contributed by atoms with E-state index in [1.807, 2.05) is 0 Å². The third-order valence-corrected chi connectivity index (χ3v) is 1.21. The van der Waals surface area contributed by atoms with Crippen LogP contribution in [0.25, 0.3) is 0 Å². The number of hydrogen-bond donors (Lipinski definition) is 0. The van der Waals surface area contributed by atoms with Gasteiger partial charge in [0.05, 0.1) is 12.0 Å². The van der Waals surface area contributed by atoms with Gasteiger partial charge in [-0.3, -0.25) is 4.79 Å². The van der Waals surface area contributed by atoms with E-state index in [9.17, 15) is 14.4 Å². The fraction of sp³-hybridized carbons (Fsp3) is 0.167. The van der Waals surface area contributed by atoms with Gasteiger partial charge in [0.2, 0.25) is 5.24 Å². The Balaban J connectivity index is 2.72. The number of rotatable bonds is 2. The Kier molecular flexibility index (Phi) is 2.05. The maximum absolute atomic E-state index is 10.6. The maximum Gasteiger partial charge on any atom is 0.342 e. The number of hydrogen-bond acceptors (Lipinski definition) is 4. The molecular formula is C6H3ClO4. The minimum Gasteiger partial charge on any atom is -0.386 e. The Labute approximate surface area is 66.8 Å². The van der Waals surface area contributed by atoms with E-state index in [1.165, 1.54) is 0 Å². The maximum atomic E-state index is 10.6. The van der Waals surface area contributed by atoms with E-state index < -0.39 is 17.2 Å². The van der Waals surface area contributed by atoms with Gasteiger partial charge in [-0.25, -0.2) is 9.59 Å². The summed E-state index contributed by atoms with van der Waals surface area (Å²) in [5, 5.41) is -0.692. The molecule has 0 bridgehead atoms. The molecule has 0 saturated carbocycles. The molecule has 0 saturated heterocycles. The average Bonchev–Trinajstić information content (AvgIpc) is 2.09. The van der Waals surface area contributed by atoms with Crippen LogP contribution in [-0.4, -0.2) is 17.2 Å². The summed E-state index contributed by atoms with van der Waals surface area (Å²) in [6, 6.07) is 0. The van der Waals surface area contributed by atoms with E-state index in [0.29, 0.717) is 0 Å². The molecule has 4 nitrogen and oxygen atoms in total. The molecule has 0 N–H and O–H groups in total. The van der Waals surface area contributed by atoms with E-state index in [0.717, 1.165) is 6.08 Å². The number of esters is 2. The molecule has 1 aliphatic heterocycles. The molecule has 58 valence electrons. The van der Waals surface area contributed by atoms with Crippen LogP contribution in [0.5, 0.6) is 0 Å². The number of carbonyl (C=O) groups excluding carboxylic acids is 3. The predicted molar refractivity (Wildman–Crippen MR) is 34.7 cm³/mol. The van der Waals surface area contributed by atoms with Crippen molar-refractivity contribution in [2.75, 3.05) is 0 Å². The first-order valence-electron chi connectivity index (χ1n) is 2.74. The topological polar surface area (TPSA) is 60.4 Å². The fourth-order valence-corrected chi connectivity index (χ4v) is 0.804. The lowest BCUT2D eigenvalue weighted by molar-refractivity contribution is -0.150. The highest BCUT2D eigenvalue weighted by molar-refractivity contribution is 6.64. The van der Waals surface area contributed by atoms with E-state index in [2.05, 4.69) is 4.74 Å². The molecule has 1 rings (SSSR count). The molecule has 11 heavy (non-hydrogen) atoms. The van der Waals surface area contributed by atoms with Crippen LogP contribution in [0.3, 0.4) is 0 Å². The first-order valence-corrected chi connectivity index (χ1v) is 3.12. The molecule has 0 aromatic carbocycles. The summed E-state index contributed by atoms with van der Waals surface area (Å²) in [5.41, 5.74) is 0.00926. The summed E-state index contributed by atoms with van der Waals surface area (Å²) in [4.78, 5) is 31.2. The van der Waals surface area contributed by atoms with Gasteiger partial charge >= 0.3 is 11.9 Å². The van der Waals surface area contributed by atoms with Gasteiger partial charge in [-0.2, -0.15) is 0 Å². The van der Waals surface area contributed by atoms with Crippen LogP contribution in [0.15, 0.2) is 11.6 Å². The lowest BCUT2D eigenvalue weighted by atomic mass is 10.2. The van der Waals surface area contributed by atoms with Crippen molar-refractivity contribution in [1.29, 1.82) is 0 Å². The fourth-order valence-electron chi connectivity index (χ4n) is 0.660. The molecule has 0 atom stereocenters. The van der Waals surface area contributed by atoms with Gasteiger partial charge < -0.3 is 4.74 Å². The molecule has 0 fully saturated rings. The van der Waals surface area contributed by atoms with Crippen LogP contribution in [-0.2, 0) is 19.1 Å². The highest BCUT2D eigenvalue weighted by Gasteiger charge is 2.24. The Morgan fingerprint density at radius 3 is 2.55 bits per heavy atom. The largest absolute Gasteiger partial charge is 0.386 e. The Bertz CT molecular complexity index is 266. The normalized spacial score (nSPS) is 16.3. The lowest BCUT2D eigenvalue weighted by Crippen LogP contribution is -2.03. The summed E-state index contributed by atoms with van der Waals surface area (Å²) in [5.74, 6) is -1.54. The Hall–Kier alpha value is -1.16. The van der Waals surface area contributed by atoms with Crippen LogP contribution in [0.2, 0.25) is 0 Å². The number of cyclic esters (lactones) is 2. The summed E-state index contributed by atoms with van der Waals surface area (Å²) in [6.45, 7) is 0. The average molecular weight is 175 g/mol. The van der Waals surface area contributed by atoms with Gasteiger partial charge in [0.1, 0.15) is 0 Å². The van der Waals surface area contributed by atoms with Crippen LogP contribution in [0.4, 0.5) is 0 Å². The van der Waals surface area contributed by atoms with Crippen molar-refractivity contribution in [1.82, 2.24) is 0 Å². The number of halogens is 1. The van der Waals surface area contributed by atoms with Crippen LogP contribution >= 0.6 is 11.6 Å². The van der Waals surface area contributed by atoms with E-state index in [-0.39, 0.29) is 12.0 Å². The minimum atomic E-state index is -0.788. The zero-order valence-electron chi connectivity index (χ0n) is 5.30. The third kappa shape index (κ3) is 1.88. The summed E-state index contributed by atoms with van der Waals surface area (Å²) < 4.78 is 4.09. The molecule has 1 heterocycles. The van der Waals surface area contributed by atoms with Crippen molar-refractivity contribution >= 4 is 28.8 Å². The van der Waals surface area contributed by atoms with Crippen LogP contribution in [0.1, 0.15) is 6.42 Å². The summed E-state index contributed by atoms with van der Waals surface area (Å²) in [6.07, 6.45) is 0.703. The smallest absolute Gasteiger partial charge is 0.342 e. The van der Waals surface area contributed by atoms with Gasteiger partial charge in [0, 0.05) is 6.08 Å². The number of carbonyl (C=O) groups is 3. The quantitative estimate of drug-likeness (QED) is 0.340. The van der Waals surface area contributed by atoms with Gasteiger partial charge in [-0.05, 0) is 11.6 Å². The Morgan fingerprint density at radius 1 is 1.55 bits per heavy atom. The second-order valence-corrected chi connectivity index (χ2v) is 2.33. The molecule has 0 aromatic rings. The number of ether oxygens (including phenoxy) is 1. The highest BCUT2D eigenvalue weighted by Crippen LogP contribution is 2.13. The Morgan fingerprint density at radius 2 is 2.18 bits per heavy atom. The molecule has 0 aromatic heterocycles. The SMILES string of the molecule is O=C(Cl)CC1=CC(=O)OC1=O. The van der Waals surface area contributed by atoms with Crippen molar-refractivity contribution in [2.24, 2.45) is 0 Å². The van der Waals surface area contributed by atoms with Crippen LogP contribution < -0.4 is 0 Å². The third-order valence-electron chi connectivity index (χ3n) is 1.08.